The predicted molar refractivity (Wildman–Crippen MR) is 77.2 cm³/mol. The molecule has 0 aromatic heterocycles. The van der Waals surface area contributed by atoms with E-state index in [4.69, 9.17) is 0 Å². The molecule has 0 aromatic carbocycles. The molecule has 0 aromatic rings. The van der Waals surface area contributed by atoms with Crippen LogP contribution in [0.2, 0.25) is 0 Å². The Morgan fingerprint density at radius 2 is 1.55 bits per heavy atom. The third kappa shape index (κ3) is 3.33. The summed E-state index contributed by atoms with van der Waals surface area (Å²) in [6.07, 6.45) is 5.47. The van der Waals surface area contributed by atoms with E-state index in [-0.39, 0.29) is 11.8 Å². The van der Waals surface area contributed by atoms with Crippen LogP contribution < -0.4 is 0 Å². The summed E-state index contributed by atoms with van der Waals surface area (Å²) in [6.45, 7) is 6.10. The maximum atomic E-state index is 12.6. The minimum absolute atomic E-state index is 0.0966. The van der Waals surface area contributed by atoms with Gasteiger partial charge in [0.2, 0.25) is 5.91 Å². The number of hydrogen-bond donors (Lipinski definition) is 1. The highest BCUT2D eigenvalue weighted by atomic mass is 16.4. The lowest BCUT2D eigenvalue weighted by molar-refractivity contribution is -0.153. The van der Waals surface area contributed by atoms with Crippen molar-refractivity contribution in [1.29, 1.82) is 0 Å². The topological polar surface area (TPSA) is 57.6 Å². The monoisotopic (exact) mass is 281 g/mol. The Kier molecular flexibility index (Phi) is 5.06. The van der Waals surface area contributed by atoms with Gasteiger partial charge in [-0.1, -0.05) is 26.7 Å². The highest BCUT2D eigenvalue weighted by molar-refractivity contribution is 5.85. The summed E-state index contributed by atoms with van der Waals surface area (Å²) in [7, 11) is 0. The standard InChI is InChI=1S/C16H27NO3/c1-11(2)12-7-9-17(10-8-12)15(18)13-5-3-4-6-14(13)16(19)20/h11-14H,3-10H2,1-2H3,(H,19,20)/t13-,14+/m1/s1. The molecule has 0 spiro atoms. The van der Waals surface area contributed by atoms with Crippen molar-refractivity contribution in [2.45, 2.75) is 52.4 Å². The molecule has 2 atom stereocenters. The zero-order chi connectivity index (χ0) is 14.7. The van der Waals surface area contributed by atoms with Crippen LogP contribution in [-0.2, 0) is 9.59 Å². The van der Waals surface area contributed by atoms with Gasteiger partial charge >= 0.3 is 5.97 Å². The number of likely N-dealkylation sites (tertiary alicyclic amines) is 1. The van der Waals surface area contributed by atoms with E-state index in [0.29, 0.717) is 18.3 Å². The molecule has 1 saturated carbocycles. The number of piperidine rings is 1. The fourth-order valence-corrected chi connectivity index (χ4v) is 3.74. The molecule has 2 fully saturated rings. The summed E-state index contributed by atoms with van der Waals surface area (Å²) in [5.41, 5.74) is 0. The molecular weight excluding hydrogens is 254 g/mol. The molecule has 20 heavy (non-hydrogen) atoms. The van der Waals surface area contributed by atoms with Crippen LogP contribution in [0.4, 0.5) is 0 Å². The lowest BCUT2D eigenvalue weighted by atomic mass is 9.78. The number of carbonyl (C=O) groups excluding carboxylic acids is 1. The summed E-state index contributed by atoms with van der Waals surface area (Å²) < 4.78 is 0. The number of carbonyl (C=O) groups is 2. The molecule has 0 unspecified atom stereocenters. The molecule has 4 heteroatoms. The lowest BCUT2D eigenvalue weighted by Gasteiger charge is -2.38. The molecule has 1 heterocycles. The average molecular weight is 281 g/mol. The molecule has 2 aliphatic rings. The zero-order valence-electron chi connectivity index (χ0n) is 12.7. The van der Waals surface area contributed by atoms with Crippen molar-refractivity contribution < 1.29 is 14.7 Å². The van der Waals surface area contributed by atoms with Crippen LogP contribution in [0.1, 0.15) is 52.4 Å². The van der Waals surface area contributed by atoms with E-state index in [1.807, 2.05) is 4.90 Å². The van der Waals surface area contributed by atoms with E-state index in [1.165, 1.54) is 0 Å². The molecule has 1 aliphatic heterocycles. The summed E-state index contributed by atoms with van der Waals surface area (Å²) >= 11 is 0. The molecule has 1 N–H and O–H groups in total. The minimum Gasteiger partial charge on any atom is -0.481 e. The minimum atomic E-state index is -0.792. The number of rotatable bonds is 3. The first-order valence-electron chi connectivity index (χ1n) is 8.02. The van der Waals surface area contributed by atoms with Gasteiger partial charge in [0.15, 0.2) is 0 Å². The molecule has 0 bridgehead atoms. The van der Waals surface area contributed by atoms with Crippen LogP contribution in [-0.4, -0.2) is 35.0 Å². The number of nitrogens with zero attached hydrogens (tertiary/aromatic N) is 1. The van der Waals surface area contributed by atoms with Gasteiger partial charge in [0.05, 0.1) is 11.8 Å². The molecule has 1 amide bonds. The molecule has 0 radical (unpaired) electrons. The van der Waals surface area contributed by atoms with Gasteiger partial charge in [-0.05, 0) is 37.5 Å². The second-order valence-corrected chi connectivity index (χ2v) is 6.74. The molecule has 1 saturated heterocycles. The van der Waals surface area contributed by atoms with Gasteiger partial charge in [-0.25, -0.2) is 0 Å². The number of carboxylic acid groups (broad SMARTS) is 1. The Morgan fingerprint density at radius 1 is 1.00 bits per heavy atom. The summed E-state index contributed by atoms with van der Waals surface area (Å²) in [6, 6.07) is 0. The Balaban J connectivity index is 1.95. The molecule has 1 aliphatic carbocycles. The summed E-state index contributed by atoms with van der Waals surface area (Å²) in [5, 5.41) is 9.30. The molecule has 114 valence electrons. The number of carboxylic acids is 1. The van der Waals surface area contributed by atoms with Crippen LogP contribution in [0.25, 0.3) is 0 Å². The Morgan fingerprint density at radius 3 is 2.05 bits per heavy atom. The van der Waals surface area contributed by atoms with E-state index in [0.717, 1.165) is 45.2 Å². The van der Waals surface area contributed by atoms with Crippen LogP contribution in [0.3, 0.4) is 0 Å². The summed E-state index contributed by atoms with van der Waals surface area (Å²) in [4.78, 5) is 25.9. The predicted octanol–water partition coefficient (Wildman–Crippen LogP) is 2.77. The smallest absolute Gasteiger partial charge is 0.307 e. The Labute approximate surface area is 121 Å². The van der Waals surface area contributed by atoms with Gasteiger partial charge in [0.1, 0.15) is 0 Å². The van der Waals surface area contributed by atoms with E-state index in [1.54, 1.807) is 0 Å². The maximum absolute atomic E-state index is 12.6. The van der Waals surface area contributed by atoms with E-state index in [2.05, 4.69) is 13.8 Å². The van der Waals surface area contributed by atoms with Crippen molar-refractivity contribution >= 4 is 11.9 Å². The van der Waals surface area contributed by atoms with E-state index in [9.17, 15) is 14.7 Å². The fraction of sp³-hybridized carbons (Fsp3) is 0.875. The highest BCUT2D eigenvalue weighted by Gasteiger charge is 2.38. The second kappa shape index (κ2) is 6.59. The van der Waals surface area contributed by atoms with E-state index < -0.39 is 11.9 Å². The van der Waals surface area contributed by atoms with Crippen LogP contribution in [0.15, 0.2) is 0 Å². The zero-order valence-corrected chi connectivity index (χ0v) is 12.7. The normalized spacial score (nSPS) is 28.6. The van der Waals surface area contributed by atoms with Crippen molar-refractivity contribution in [3.63, 3.8) is 0 Å². The number of hydrogen-bond acceptors (Lipinski definition) is 2. The lowest BCUT2D eigenvalue weighted by Crippen LogP contribution is -2.46. The maximum Gasteiger partial charge on any atom is 0.307 e. The van der Waals surface area contributed by atoms with Gasteiger partial charge in [0.25, 0.3) is 0 Å². The Bertz CT molecular complexity index is 359. The van der Waals surface area contributed by atoms with Crippen LogP contribution in [0.5, 0.6) is 0 Å². The number of aliphatic carboxylic acids is 1. The van der Waals surface area contributed by atoms with Crippen molar-refractivity contribution in [2.75, 3.05) is 13.1 Å². The fourth-order valence-electron chi connectivity index (χ4n) is 3.74. The molecule has 2 rings (SSSR count). The van der Waals surface area contributed by atoms with Gasteiger partial charge < -0.3 is 10.0 Å². The van der Waals surface area contributed by atoms with Crippen molar-refractivity contribution in [3.8, 4) is 0 Å². The Hall–Kier alpha value is -1.06. The van der Waals surface area contributed by atoms with E-state index >= 15 is 0 Å². The molecular formula is C16H27NO3. The van der Waals surface area contributed by atoms with Gasteiger partial charge in [-0.3, -0.25) is 9.59 Å². The van der Waals surface area contributed by atoms with Gasteiger partial charge in [-0.2, -0.15) is 0 Å². The molecule has 4 nitrogen and oxygen atoms in total. The van der Waals surface area contributed by atoms with Gasteiger partial charge in [-0.15, -0.1) is 0 Å². The number of amides is 1. The average Bonchev–Trinajstić information content (AvgIpc) is 2.46. The third-order valence-electron chi connectivity index (χ3n) is 5.19. The second-order valence-electron chi connectivity index (χ2n) is 6.74. The summed E-state index contributed by atoms with van der Waals surface area (Å²) in [5.74, 6) is -0.0512. The third-order valence-corrected chi connectivity index (χ3v) is 5.19. The SMILES string of the molecule is CC(C)C1CCN(C(=O)[C@@H]2CCCC[C@@H]2C(=O)O)CC1. The van der Waals surface area contributed by atoms with Crippen LogP contribution >= 0.6 is 0 Å². The largest absolute Gasteiger partial charge is 0.481 e. The van der Waals surface area contributed by atoms with Crippen molar-refractivity contribution in [2.24, 2.45) is 23.7 Å². The van der Waals surface area contributed by atoms with Gasteiger partial charge in [0, 0.05) is 13.1 Å². The first-order chi connectivity index (χ1) is 9.50. The highest BCUT2D eigenvalue weighted by Crippen LogP contribution is 2.33. The van der Waals surface area contributed by atoms with Crippen molar-refractivity contribution in [3.05, 3.63) is 0 Å². The quantitative estimate of drug-likeness (QED) is 0.865. The first-order valence-corrected chi connectivity index (χ1v) is 8.02. The van der Waals surface area contributed by atoms with Crippen LogP contribution in [0, 0.1) is 23.7 Å². The van der Waals surface area contributed by atoms with Crippen molar-refractivity contribution in [1.82, 2.24) is 4.90 Å². The first kappa shape index (κ1) is 15.3.